The highest BCUT2D eigenvalue weighted by Gasteiger charge is 2.47. The second-order valence-electron chi connectivity index (χ2n) is 7.90. The van der Waals surface area contributed by atoms with E-state index < -0.39 is 16.0 Å². The van der Waals surface area contributed by atoms with Crippen molar-refractivity contribution in [2.75, 3.05) is 33.9 Å². The van der Waals surface area contributed by atoms with Gasteiger partial charge in [0.2, 0.25) is 21.8 Å². The molecule has 1 aliphatic heterocycles. The van der Waals surface area contributed by atoms with Crippen molar-refractivity contribution < 1.29 is 32.3 Å². The molecule has 10 heteroatoms. The maximum Gasteiger partial charge on any atom is 0.307 e. The van der Waals surface area contributed by atoms with E-state index in [1.165, 1.54) is 43.3 Å². The van der Waals surface area contributed by atoms with Crippen LogP contribution in [0, 0.1) is 11.8 Å². The van der Waals surface area contributed by atoms with Crippen molar-refractivity contribution in [2.45, 2.75) is 37.0 Å². The summed E-state index contributed by atoms with van der Waals surface area (Å²) in [5.41, 5.74) is 0. The maximum atomic E-state index is 12.4. The average Bonchev–Trinajstić information content (AvgIpc) is 3.00. The Kier molecular flexibility index (Phi) is 7.32. The Morgan fingerprint density at radius 2 is 1.61 bits per heavy atom. The van der Waals surface area contributed by atoms with Crippen LogP contribution in [0.1, 0.15) is 32.1 Å². The average molecular weight is 453 g/mol. The first-order valence-corrected chi connectivity index (χ1v) is 11.8. The fraction of sp³-hybridized carbons (Fsp3) is 0.571. The molecule has 2 fully saturated rings. The summed E-state index contributed by atoms with van der Waals surface area (Å²) >= 11 is 0. The maximum absolute atomic E-state index is 12.4. The number of hydrogen-bond donors (Lipinski definition) is 0. The summed E-state index contributed by atoms with van der Waals surface area (Å²) < 4.78 is 35.8. The van der Waals surface area contributed by atoms with Crippen LogP contribution in [0.5, 0.6) is 5.75 Å². The second kappa shape index (κ2) is 9.78. The van der Waals surface area contributed by atoms with E-state index in [0.29, 0.717) is 5.75 Å². The third-order valence-corrected chi connectivity index (χ3v) is 7.52. The summed E-state index contributed by atoms with van der Waals surface area (Å²) in [6, 6.07) is 5.95. The van der Waals surface area contributed by atoms with E-state index in [4.69, 9.17) is 9.47 Å². The van der Waals surface area contributed by atoms with Gasteiger partial charge >= 0.3 is 5.97 Å². The number of rotatable bonds is 9. The molecule has 1 aliphatic carbocycles. The number of ether oxygens (including phenoxy) is 2. The number of carbonyl (C=O) groups is 3. The summed E-state index contributed by atoms with van der Waals surface area (Å²) in [6.07, 6.45) is 3.37. The fourth-order valence-corrected chi connectivity index (χ4v) is 4.86. The summed E-state index contributed by atoms with van der Waals surface area (Å²) in [6.45, 7) is 0.146. The predicted molar refractivity (Wildman–Crippen MR) is 111 cm³/mol. The summed E-state index contributed by atoms with van der Waals surface area (Å²) in [7, 11) is -0.592. The quantitative estimate of drug-likeness (QED) is 0.317. The number of carbonyl (C=O) groups excluding carboxylic acids is 3. The van der Waals surface area contributed by atoms with Crippen molar-refractivity contribution in [1.29, 1.82) is 0 Å². The molecule has 0 bridgehead atoms. The van der Waals surface area contributed by atoms with Crippen LogP contribution in [0.25, 0.3) is 0 Å². The van der Waals surface area contributed by atoms with Crippen LogP contribution < -0.4 is 4.74 Å². The van der Waals surface area contributed by atoms with Crippen molar-refractivity contribution >= 4 is 27.8 Å². The lowest BCUT2D eigenvalue weighted by molar-refractivity contribution is -0.146. The molecule has 2 atom stereocenters. The minimum absolute atomic E-state index is 0.00369. The Hall–Kier alpha value is -2.46. The van der Waals surface area contributed by atoms with Crippen molar-refractivity contribution in [3.8, 4) is 5.75 Å². The Balaban J connectivity index is 1.38. The molecule has 2 amide bonds. The standard InChI is InChI=1S/C21H28N2O7S/c1-22(2)31(27,28)16-9-7-15(8-10-16)29-13-14-30-19(24)11-12-23-20(25)17-5-3-4-6-18(17)21(23)26/h7-10,17-18H,3-6,11-14H2,1-2H3/t17-,18+. The number of benzene rings is 1. The van der Waals surface area contributed by atoms with Gasteiger partial charge in [0.15, 0.2) is 0 Å². The van der Waals surface area contributed by atoms with E-state index in [2.05, 4.69) is 0 Å². The lowest BCUT2D eigenvalue weighted by Crippen LogP contribution is -2.33. The first kappa shape index (κ1) is 23.2. The topological polar surface area (TPSA) is 110 Å². The van der Waals surface area contributed by atoms with Gasteiger partial charge in [0, 0.05) is 20.6 Å². The number of imide groups is 1. The third-order valence-electron chi connectivity index (χ3n) is 5.69. The molecule has 0 radical (unpaired) electrons. The van der Waals surface area contributed by atoms with E-state index in [1.54, 1.807) is 0 Å². The summed E-state index contributed by atoms with van der Waals surface area (Å²) in [4.78, 5) is 38.1. The molecule has 1 heterocycles. The van der Waals surface area contributed by atoms with E-state index in [1.807, 2.05) is 0 Å². The highest BCUT2D eigenvalue weighted by Crippen LogP contribution is 2.37. The minimum atomic E-state index is -3.50. The zero-order valence-corrected chi connectivity index (χ0v) is 18.6. The normalized spacial score (nSPS) is 21.3. The van der Waals surface area contributed by atoms with Crippen LogP contribution >= 0.6 is 0 Å². The number of hydrogen-bond acceptors (Lipinski definition) is 7. The molecule has 9 nitrogen and oxygen atoms in total. The molecule has 0 N–H and O–H groups in total. The number of amides is 2. The van der Waals surface area contributed by atoms with Gasteiger partial charge in [-0.1, -0.05) is 12.8 Å². The predicted octanol–water partition coefficient (Wildman–Crippen LogP) is 1.42. The molecule has 1 aromatic carbocycles. The first-order valence-electron chi connectivity index (χ1n) is 10.4. The summed E-state index contributed by atoms with van der Waals surface area (Å²) in [5.74, 6) is -0.818. The highest BCUT2D eigenvalue weighted by atomic mass is 32.2. The smallest absolute Gasteiger partial charge is 0.307 e. The Morgan fingerprint density at radius 3 is 2.16 bits per heavy atom. The lowest BCUT2D eigenvalue weighted by atomic mass is 9.81. The number of nitrogens with zero attached hydrogens (tertiary/aromatic N) is 2. The molecule has 1 saturated carbocycles. The molecule has 0 spiro atoms. The molecule has 2 aliphatic rings. The number of likely N-dealkylation sites (tertiary alicyclic amines) is 1. The Labute approximate surface area is 182 Å². The molecular weight excluding hydrogens is 424 g/mol. The van der Waals surface area contributed by atoms with Crippen LogP contribution in [0.2, 0.25) is 0 Å². The molecule has 0 aromatic heterocycles. The van der Waals surface area contributed by atoms with Gasteiger partial charge in [0.25, 0.3) is 0 Å². The van der Waals surface area contributed by atoms with Crippen molar-refractivity contribution in [1.82, 2.24) is 9.21 Å². The van der Waals surface area contributed by atoms with E-state index in [-0.39, 0.29) is 54.7 Å². The van der Waals surface area contributed by atoms with Gasteiger partial charge in [-0.05, 0) is 37.1 Å². The number of sulfonamides is 1. The Morgan fingerprint density at radius 1 is 1.03 bits per heavy atom. The number of esters is 1. The molecule has 1 aromatic rings. The molecule has 1 saturated heterocycles. The zero-order valence-electron chi connectivity index (χ0n) is 17.8. The largest absolute Gasteiger partial charge is 0.490 e. The van der Waals surface area contributed by atoms with E-state index >= 15 is 0 Å². The molecule has 0 unspecified atom stereocenters. The molecule has 3 rings (SSSR count). The Bertz CT molecular complexity index is 904. The van der Waals surface area contributed by atoms with Gasteiger partial charge in [-0.25, -0.2) is 12.7 Å². The minimum Gasteiger partial charge on any atom is -0.490 e. The third kappa shape index (κ3) is 5.24. The fourth-order valence-electron chi connectivity index (χ4n) is 3.96. The van der Waals surface area contributed by atoms with Crippen molar-refractivity contribution in [3.63, 3.8) is 0 Å². The van der Waals surface area contributed by atoms with Gasteiger partial charge in [0.05, 0.1) is 23.2 Å². The van der Waals surface area contributed by atoms with Crippen LogP contribution in [-0.2, 0) is 29.1 Å². The van der Waals surface area contributed by atoms with Gasteiger partial charge in [-0.3, -0.25) is 19.3 Å². The monoisotopic (exact) mass is 452 g/mol. The van der Waals surface area contributed by atoms with Crippen LogP contribution in [0.15, 0.2) is 29.2 Å². The summed E-state index contributed by atoms with van der Waals surface area (Å²) in [5, 5.41) is 0. The molecule has 31 heavy (non-hydrogen) atoms. The second-order valence-corrected chi connectivity index (χ2v) is 10.1. The van der Waals surface area contributed by atoms with Crippen LogP contribution in [0.4, 0.5) is 0 Å². The van der Waals surface area contributed by atoms with Crippen LogP contribution in [-0.4, -0.2) is 69.3 Å². The van der Waals surface area contributed by atoms with E-state index in [9.17, 15) is 22.8 Å². The SMILES string of the molecule is CN(C)S(=O)(=O)c1ccc(OCCOC(=O)CCN2C(=O)[C@H]3CCCC[C@H]3C2=O)cc1. The van der Waals surface area contributed by atoms with Gasteiger partial charge < -0.3 is 9.47 Å². The number of fused-ring (bicyclic) bond motifs is 1. The lowest BCUT2D eigenvalue weighted by Gasteiger charge is -2.19. The van der Waals surface area contributed by atoms with E-state index in [0.717, 1.165) is 30.0 Å². The van der Waals surface area contributed by atoms with Gasteiger partial charge in [-0.2, -0.15) is 0 Å². The van der Waals surface area contributed by atoms with Gasteiger partial charge in [-0.15, -0.1) is 0 Å². The highest BCUT2D eigenvalue weighted by molar-refractivity contribution is 7.89. The van der Waals surface area contributed by atoms with Crippen molar-refractivity contribution in [2.24, 2.45) is 11.8 Å². The van der Waals surface area contributed by atoms with Gasteiger partial charge in [0.1, 0.15) is 19.0 Å². The van der Waals surface area contributed by atoms with Crippen molar-refractivity contribution in [3.05, 3.63) is 24.3 Å². The first-order chi connectivity index (χ1) is 14.7. The zero-order chi connectivity index (χ0) is 22.6. The molecular formula is C21H28N2O7S. The molecule has 170 valence electrons. The van der Waals surface area contributed by atoms with Crippen LogP contribution in [0.3, 0.4) is 0 Å².